The summed E-state index contributed by atoms with van der Waals surface area (Å²) in [5, 5.41) is 4.89. The molecule has 0 aliphatic rings. The summed E-state index contributed by atoms with van der Waals surface area (Å²) >= 11 is 6.09. The SMILES string of the molecule is CCc1nn(Cc2ccncc2Cl)c(CC)c1S(=O)(=O)Cl. The summed E-state index contributed by atoms with van der Waals surface area (Å²) in [5.74, 6) is 0. The van der Waals surface area contributed by atoms with Crippen LogP contribution in [0.4, 0.5) is 0 Å². The topological polar surface area (TPSA) is 64.8 Å². The maximum atomic E-state index is 11.8. The number of aromatic nitrogens is 3. The van der Waals surface area contributed by atoms with Crippen molar-refractivity contribution >= 4 is 31.3 Å². The predicted molar refractivity (Wildman–Crippen MR) is 82.4 cm³/mol. The van der Waals surface area contributed by atoms with Crippen LogP contribution in [0.3, 0.4) is 0 Å². The van der Waals surface area contributed by atoms with E-state index in [1.807, 2.05) is 13.8 Å². The molecular formula is C13H15Cl2N3O2S. The van der Waals surface area contributed by atoms with Crippen molar-refractivity contribution in [1.29, 1.82) is 0 Å². The quantitative estimate of drug-likeness (QED) is 0.779. The first-order valence-corrected chi connectivity index (χ1v) is 9.18. The first-order chi connectivity index (χ1) is 9.88. The summed E-state index contributed by atoms with van der Waals surface area (Å²) in [7, 11) is 1.73. The van der Waals surface area contributed by atoms with Crippen LogP contribution < -0.4 is 0 Å². The molecule has 2 rings (SSSR count). The van der Waals surface area contributed by atoms with Gasteiger partial charge in [-0.2, -0.15) is 5.10 Å². The minimum Gasteiger partial charge on any atom is -0.263 e. The van der Waals surface area contributed by atoms with Gasteiger partial charge in [0.25, 0.3) is 9.05 Å². The van der Waals surface area contributed by atoms with Crippen LogP contribution in [-0.2, 0) is 28.4 Å². The van der Waals surface area contributed by atoms with Crippen molar-refractivity contribution in [2.45, 2.75) is 38.1 Å². The molecule has 0 radical (unpaired) electrons. The average molecular weight is 348 g/mol. The first-order valence-electron chi connectivity index (χ1n) is 6.50. The summed E-state index contributed by atoms with van der Waals surface area (Å²) < 4.78 is 25.3. The van der Waals surface area contributed by atoms with Crippen LogP contribution in [0.15, 0.2) is 23.4 Å². The number of hydrogen-bond donors (Lipinski definition) is 0. The van der Waals surface area contributed by atoms with Crippen LogP contribution >= 0.6 is 22.3 Å². The number of nitrogens with zero attached hydrogens (tertiary/aromatic N) is 3. The Morgan fingerprint density at radius 3 is 2.52 bits per heavy atom. The normalized spacial score (nSPS) is 11.8. The van der Waals surface area contributed by atoms with E-state index in [2.05, 4.69) is 10.1 Å². The van der Waals surface area contributed by atoms with Crippen LogP contribution in [0.1, 0.15) is 30.8 Å². The fourth-order valence-corrected chi connectivity index (χ4v) is 3.93. The third kappa shape index (κ3) is 3.39. The molecule has 114 valence electrons. The van der Waals surface area contributed by atoms with E-state index in [9.17, 15) is 8.42 Å². The van der Waals surface area contributed by atoms with E-state index in [1.165, 1.54) is 0 Å². The Bertz CT molecular complexity index is 757. The summed E-state index contributed by atoms with van der Waals surface area (Å²) in [6.07, 6.45) is 4.19. The number of aryl methyl sites for hydroxylation is 1. The molecule has 0 saturated carbocycles. The largest absolute Gasteiger partial charge is 0.264 e. The van der Waals surface area contributed by atoms with E-state index in [0.717, 1.165) is 5.56 Å². The molecule has 0 spiro atoms. The fourth-order valence-electron chi connectivity index (χ4n) is 2.22. The molecule has 5 nitrogen and oxygen atoms in total. The van der Waals surface area contributed by atoms with Crippen LogP contribution in [0.2, 0.25) is 5.02 Å². The molecule has 2 aromatic heterocycles. The Labute approximate surface area is 133 Å². The number of pyridine rings is 1. The zero-order valence-corrected chi connectivity index (χ0v) is 14.0. The maximum Gasteiger partial charge on any atom is 0.264 e. The van der Waals surface area contributed by atoms with Gasteiger partial charge in [0.1, 0.15) is 4.90 Å². The molecule has 21 heavy (non-hydrogen) atoms. The van der Waals surface area contributed by atoms with Gasteiger partial charge in [-0.3, -0.25) is 9.67 Å². The number of hydrogen-bond acceptors (Lipinski definition) is 4. The minimum atomic E-state index is -3.83. The molecule has 8 heteroatoms. The van der Waals surface area contributed by atoms with Crippen molar-refractivity contribution in [2.24, 2.45) is 0 Å². The first kappa shape index (κ1) is 16.3. The Kier molecular flexibility index (Phi) is 4.91. The average Bonchev–Trinajstić information content (AvgIpc) is 2.79. The zero-order chi connectivity index (χ0) is 15.6. The van der Waals surface area contributed by atoms with Gasteiger partial charge in [0.15, 0.2) is 0 Å². The van der Waals surface area contributed by atoms with Gasteiger partial charge in [0.2, 0.25) is 0 Å². The number of halogens is 2. The fraction of sp³-hybridized carbons (Fsp3) is 0.385. The molecule has 0 fully saturated rings. The molecule has 0 aliphatic heterocycles. The minimum absolute atomic E-state index is 0.124. The van der Waals surface area contributed by atoms with Gasteiger partial charge < -0.3 is 0 Å². The molecule has 0 bridgehead atoms. The third-order valence-corrected chi connectivity index (χ3v) is 4.93. The summed E-state index contributed by atoms with van der Waals surface area (Å²) in [6.45, 7) is 4.09. The molecule has 2 aromatic rings. The Balaban J connectivity index is 2.55. The van der Waals surface area contributed by atoms with Crippen molar-refractivity contribution in [1.82, 2.24) is 14.8 Å². The summed E-state index contributed by atoms with van der Waals surface area (Å²) in [5.41, 5.74) is 1.90. The number of rotatable bonds is 5. The third-order valence-electron chi connectivity index (χ3n) is 3.17. The molecule has 2 heterocycles. The van der Waals surface area contributed by atoms with Crippen molar-refractivity contribution in [3.05, 3.63) is 40.4 Å². The Hall–Kier alpha value is -1.11. The standard InChI is InChI=1S/C13H15Cl2N3O2S/c1-3-11-13(21(15,19)20)12(4-2)18(17-11)8-9-5-6-16-7-10(9)14/h5-7H,3-4,8H2,1-2H3. The highest BCUT2D eigenvalue weighted by molar-refractivity contribution is 8.13. The van der Waals surface area contributed by atoms with Crippen molar-refractivity contribution < 1.29 is 8.42 Å². The Morgan fingerprint density at radius 2 is 2.00 bits per heavy atom. The molecule has 0 aromatic carbocycles. The van der Waals surface area contributed by atoms with Crippen LogP contribution in [0.5, 0.6) is 0 Å². The highest BCUT2D eigenvalue weighted by atomic mass is 35.7. The van der Waals surface area contributed by atoms with E-state index in [-0.39, 0.29) is 4.90 Å². The lowest BCUT2D eigenvalue weighted by atomic mass is 10.2. The van der Waals surface area contributed by atoms with Gasteiger partial charge in [-0.25, -0.2) is 8.42 Å². The van der Waals surface area contributed by atoms with Gasteiger partial charge in [0, 0.05) is 23.1 Å². The van der Waals surface area contributed by atoms with Gasteiger partial charge in [-0.05, 0) is 24.5 Å². The molecule has 0 saturated heterocycles. The molecule has 0 aliphatic carbocycles. The van der Waals surface area contributed by atoms with E-state index in [4.69, 9.17) is 22.3 Å². The van der Waals surface area contributed by atoms with E-state index < -0.39 is 9.05 Å². The van der Waals surface area contributed by atoms with E-state index >= 15 is 0 Å². The van der Waals surface area contributed by atoms with Crippen molar-refractivity contribution in [2.75, 3.05) is 0 Å². The molecular weight excluding hydrogens is 333 g/mol. The van der Waals surface area contributed by atoms with Crippen LogP contribution in [0.25, 0.3) is 0 Å². The van der Waals surface area contributed by atoms with Crippen molar-refractivity contribution in [3.63, 3.8) is 0 Å². The van der Waals surface area contributed by atoms with Gasteiger partial charge >= 0.3 is 0 Å². The lowest BCUT2D eigenvalue weighted by Crippen LogP contribution is -2.08. The predicted octanol–water partition coefficient (Wildman–Crippen LogP) is 3.03. The second-order valence-electron chi connectivity index (χ2n) is 4.49. The molecule has 0 N–H and O–H groups in total. The van der Waals surface area contributed by atoms with E-state index in [1.54, 1.807) is 23.1 Å². The lowest BCUT2D eigenvalue weighted by molar-refractivity contribution is 0.605. The highest BCUT2D eigenvalue weighted by Gasteiger charge is 2.25. The van der Waals surface area contributed by atoms with Crippen molar-refractivity contribution in [3.8, 4) is 0 Å². The van der Waals surface area contributed by atoms with Gasteiger partial charge in [0.05, 0.1) is 23.0 Å². The molecule has 0 amide bonds. The lowest BCUT2D eigenvalue weighted by Gasteiger charge is -2.08. The zero-order valence-electron chi connectivity index (χ0n) is 11.7. The highest BCUT2D eigenvalue weighted by Crippen LogP contribution is 2.26. The summed E-state index contributed by atoms with van der Waals surface area (Å²) in [6, 6.07) is 1.78. The molecule has 0 atom stereocenters. The Morgan fingerprint density at radius 1 is 1.29 bits per heavy atom. The summed E-state index contributed by atoms with van der Waals surface area (Å²) in [4.78, 5) is 4.05. The second-order valence-corrected chi connectivity index (χ2v) is 7.40. The van der Waals surface area contributed by atoms with Gasteiger partial charge in [-0.1, -0.05) is 25.4 Å². The van der Waals surface area contributed by atoms with Crippen LogP contribution in [-0.4, -0.2) is 23.2 Å². The molecule has 0 unspecified atom stereocenters. The van der Waals surface area contributed by atoms with E-state index in [0.29, 0.717) is 35.8 Å². The monoisotopic (exact) mass is 347 g/mol. The van der Waals surface area contributed by atoms with Gasteiger partial charge in [-0.15, -0.1) is 0 Å². The second kappa shape index (κ2) is 6.34. The maximum absolute atomic E-state index is 11.8. The van der Waals surface area contributed by atoms with Crippen LogP contribution in [0, 0.1) is 0 Å². The smallest absolute Gasteiger partial charge is 0.263 e.